The van der Waals surface area contributed by atoms with E-state index in [0.29, 0.717) is 50.8 Å². The molecule has 1 heterocycles. The first-order valence-electron chi connectivity index (χ1n) is 9.80. The van der Waals surface area contributed by atoms with Crippen molar-refractivity contribution in [3.05, 3.63) is 54.6 Å². The van der Waals surface area contributed by atoms with E-state index < -0.39 is 10.0 Å². The van der Waals surface area contributed by atoms with Gasteiger partial charge >= 0.3 is 0 Å². The topological polar surface area (TPSA) is 88.2 Å². The van der Waals surface area contributed by atoms with Crippen molar-refractivity contribution in [1.29, 1.82) is 0 Å². The molecule has 30 heavy (non-hydrogen) atoms. The number of hydrogen-bond donors (Lipinski definition) is 1. The van der Waals surface area contributed by atoms with Gasteiger partial charge in [0.15, 0.2) is 6.61 Å². The van der Waals surface area contributed by atoms with E-state index in [4.69, 9.17) is 9.47 Å². The van der Waals surface area contributed by atoms with Gasteiger partial charge in [0.1, 0.15) is 11.5 Å². The van der Waals surface area contributed by atoms with Gasteiger partial charge in [0, 0.05) is 39.3 Å². The summed E-state index contributed by atoms with van der Waals surface area (Å²) in [6.45, 7) is 3.18. The molecule has 1 fully saturated rings. The number of rotatable bonds is 9. The van der Waals surface area contributed by atoms with Crippen LogP contribution in [0.2, 0.25) is 0 Å². The standard InChI is InChI=1S/C21H27N3O5S/c1-28-18-7-9-20(10-8-18)30(26,27)24-15-13-23(14-16-24)12-11-22-21(25)17-29-19-5-3-2-4-6-19/h2-10H,11-17H2,1H3,(H,22,25). The zero-order chi connectivity index (χ0) is 21.4. The maximum absolute atomic E-state index is 12.8. The Balaban J connectivity index is 1.38. The van der Waals surface area contributed by atoms with Gasteiger partial charge in [-0.05, 0) is 36.4 Å². The molecule has 0 saturated carbocycles. The molecule has 0 bridgehead atoms. The lowest BCUT2D eigenvalue weighted by molar-refractivity contribution is -0.123. The Bertz CT molecular complexity index is 911. The largest absolute Gasteiger partial charge is 0.497 e. The SMILES string of the molecule is COc1ccc(S(=O)(=O)N2CCN(CCNC(=O)COc3ccccc3)CC2)cc1. The Morgan fingerprint density at radius 3 is 2.27 bits per heavy atom. The summed E-state index contributed by atoms with van der Waals surface area (Å²) in [6, 6.07) is 15.6. The Morgan fingerprint density at radius 2 is 1.63 bits per heavy atom. The van der Waals surface area contributed by atoms with Crippen molar-refractivity contribution in [3.63, 3.8) is 0 Å². The van der Waals surface area contributed by atoms with Gasteiger partial charge in [0.2, 0.25) is 10.0 Å². The van der Waals surface area contributed by atoms with E-state index in [9.17, 15) is 13.2 Å². The second kappa shape index (κ2) is 10.4. The van der Waals surface area contributed by atoms with Crippen LogP contribution in [0.5, 0.6) is 11.5 Å². The van der Waals surface area contributed by atoms with Gasteiger partial charge in [-0.1, -0.05) is 18.2 Å². The fraction of sp³-hybridized carbons (Fsp3) is 0.381. The number of hydrogen-bond acceptors (Lipinski definition) is 6. The third kappa shape index (κ3) is 5.94. The third-order valence-electron chi connectivity index (χ3n) is 4.89. The highest BCUT2D eigenvalue weighted by Gasteiger charge is 2.28. The Hall–Kier alpha value is -2.62. The summed E-state index contributed by atoms with van der Waals surface area (Å²) in [5.41, 5.74) is 0. The molecule has 3 rings (SSSR count). The average molecular weight is 434 g/mol. The predicted octanol–water partition coefficient (Wildman–Crippen LogP) is 1.20. The summed E-state index contributed by atoms with van der Waals surface area (Å²) in [7, 11) is -1.97. The van der Waals surface area contributed by atoms with Crippen molar-refractivity contribution in [1.82, 2.24) is 14.5 Å². The number of methoxy groups -OCH3 is 1. The first-order chi connectivity index (χ1) is 14.5. The number of ether oxygens (including phenoxy) is 2. The highest BCUT2D eigenvalue weighted by Crippen LogP contribution is 2.20. The van der Waals surface area contributed by atoms with E-state index in [1.54, 1.807) is 43.5 Å². The highest BCUT2D eigenvalue weighted by molar-refractivity contribution is 7.89. The maximum Gasteiger partial charge on any atom is 0.257 e. The molecule has 9 heteroatoms. The van der Waals surface area contributed by atoms with Gasteiger partial charge in [0.05, 0.1) is 12.0 Å². The molecule has 0 aromatic heterocycles. The van der Waals surface area contributed by atoms with Crippen LogP contribution in [0.15, 0.2) is 59.5 Å². The van der Waals surface area contributed by atoms with Gasteiger partial charge in [-0.3, -0.25) is 9.69 Å². The van der Waals surface area contributed by atoms with Gasteiger partial charge in [-0.15, -0.1) is 0 Å². The van der Waals surface area contributed by atoms with E-state index in [2.05, 4.69) is 10.2 Å². The lowest BCUT2D eigenvalue weighted by Crippen LogP contribution is -2.50. The molecule has 1 aliphatic heterocycles. The lowest BCUT2D eigenvalue weighted by atomic mass is 10.3. The molecule has 2 aromatic carbocycles. The first-order valence-corrected chi connectivity index (χ1v) is 11.2. The van der Waals surface area contributed by atoms with E-state index in [1.807, 2.05) is 18.2 Å². The van der Waals surface area contributed by atoms with Gasteiger partial charge in [-0.25, -0.2) is 8.42 Å². The van der Waals surface area contributed by atoms with Gasteiger partial charge < -0.3 is 14.8 Å². The number of carbonyl (C=O) groups excluding carboxylic acids is 1. The van der Waals surface area contributed by atoms with Crippen LogP contribution in [0.4, 0.5) is 0 Å². The summed E-state index contributed by atoms with van der Waals surface area (Å²) < 4.78 is 37.6. The zero-order valence-corrected chi connectivity index (χ0v) is 17.8. The molecule has 2 aromatic rings. The Morgan fingerprint density at radius 1 is 0.967 bits per heavy atom. The molecular formula is C21H27N3O5S. The number of sulfonamides is 1. The van der Waals surface area contributed by atoms with Crippen molar-refractivity contribution < 1.29 is 22.7 Å². The zero-order valence-electron chi connectivity index (χ0n) is 17.0. The minimum atomic E-state index is -3.51. The predicted molar refractivity (Wildman–Crippen MR) is 113 cm³/mol. The van der Waals surface area contributed by atoms with Crippen molar-refractivity contribution in [2.24, 2.45) is 0 Å². The van der Waals surface area contributed by atoms with Crippen molar-refractivity contribution in [2.75, 3.05) is 53.0 Å². The second-order valence-electron chi connectivity index (χ2n) is 6.87. The van der Waals surface area contributed by atoms with E-state index in [1.165, 1.54) is 4.31 Å². The van der Waals surface area contributed by atoms with Crippen LogP contribution in [0.3, 0.4) is 0 Å². The van der Waals surface area contributed by atoms with Gasteiger partial charge in [0.25, 0.3) is 5.91 Å². The minimum Gasteiger partial charge on any atom is -0.497 e. The molecule has 0 spiro atoms. The van der Waals surface area contributed by atoms with E-state index in [-0.39, 0.29) is 17.4 Å². The number of nitrogens with one attached hydrogen (secondary N) is 1. The van der Waals surface area contributed by atoms with Crippen molar-refractivity contribution in [3.8, 4) is 11.5 Å². The van der Waals surface area contributed by atoms with Crippen LogP contribution in [0.25, 0.3) is 0 Å². The summed E-state index contributed by atoms with van der Waals surface area (Å²) in [4.78, 5) is 14.3. The Labute approximate surface area is 177 Å². The molecule has 0 radical (unpaired) electrons. The number of para-hydroxylation sites is 1. The number of benzene rings is 2. The first kappa shape index (κ1) is 22.1. The molecule has 1 N–H and O–H groups in total. The number of carbonyl (C=O) groups is 1. The van der Waals surface area contributed by atoms with Crippen LogP contribution in [0, 0.1) is 0 Å². The molecule has 1 aliphatic rings. The summed E-state index contributed by atoms with van der Waals surface area (Å²) >= 11 is 0. The minimum absolute atomic E-state index is 0.0299. The van der Waals surface area contributed by atoms with Crippen LogP contribution in [-0.4, -0.2) is 76.5 Å². The summed E-state index contributed by atoms with van der Waals surface area (Å²) in [5, 5.41) is 2.83. The summed E-state index contributed by atoms with van der Waals surface area (Å²) in [5.74, 6) is 1.09. The molecular weight excluding hydrogens is 406 g/mol. The van der Waals surface area contributed by atoms with Crippen LogP contribution in [0.1, 0.15) is 0 Å². The molecule has 0 unspecified atom stereocenters. The molecule has 162 valence electrons. The molecule has 0 aliphatic carbocycles. The Kier molecular flexibility index (Phi) is 7.67. The third-order valence-corrected chi connectivity index (χ3v) is 6.80. The fourth-order valence-electron chi connectivity index (χ4n) is 3.16. The van der Waals surface area contributed by atoms with Crippen molar-refractivity contribution in [2.45, 2.75) is 4.90 Å². The quantitative estimate of drug-likeness (QED) is 0.639. The van der Waals surface area contributed by atoms with E-state index in [0.717, 1.165) is 0 Å². The molecule has 1 amide bonds. The number of nitrogens with zero attached hydrogens (tertiary/aromatic N) is 2. The number of amides is 1. The molecule has 0 atom stereocenters. The normalized spacial score (nSPS) is 15.5. The van der Waals surface area contributed by atoms with Gasteiger partial charge in [-0.2, -0.15) is 4.31 Å². The number of piperazine rings is 1. The lowest BCUT2D eigenvalue weighted by Gasteiger charge is -2.34. The second-order valence-corrected chi connectivity index (χ2v) is 8.81. The average Bonchev–Trinajstić information content (AvgIpc) is 2.79. The molecule has 8 nitrogen and oxygen atoms in total. The smallest absolute Gasteiger partial charge is 0.257 e. The van der Waals surface area contributed by atoms with E-state index >= 15 is 0 Å². The fourth-order valence-corrected chi connectivity index (χ4v) is 4.58. The van der Waals surface area contributed by atoms with Crippen LogP contribution in [-0.2, 0) is 14.8 Å². The van der Waals surface area contributed by atoms with Crippen LogP contribution >= 0.6 is 0 Å². The highest BCUT2D eigenvalue weighted by atomic mass is 32.2. The van der Waals surface area contributed by atoms with Crippen LogP contribution < -0.4 is 14.8 Å². The summed E-state index contributed by atoms with van der Waals surface area (Å²) in [6.07, 6.45) is 0. The monoisotopic (exact) mass is 433 g/mol. The maximum atomic E-state index is 12.8. The molecule has 1 saturated heterocycles. The van der Waals surface area contributed by atoms with Crippen molar-refractivity contribution >= 4 is 15.9 Å².